The average molecular weight is 815 g/mol. The van der Waals surface area contributed by atoms with Gasteiger partial charge in [0.05, 0.1) is 19.8 Å². The average Bonchev–Trinajstić information content (AvgIpc) is 3.14. The first kappa shape index (κ1) is 54.7. The fourth-order valence-corrected chi connectivity index (χ4v) is 8.36. The Kier molecular flexibility index (Phi) is 32.0. The predicted octanol–water partition coefficient (Wildman–Crippen LogP) is 11.1. The van der Waals surface area contributed by atoms with Crippen LogP contribution in [0.5, 0.6) is 0 Å². The van der Waals surface area contributed by atoms with Gasteiger partial charge >= 0.3 is 0 Å². The summed E-state index contributed by atoms with van der Waals surface area (Å²) in [6, 6.07) is 0. The molecule has 8 nitrogen and oxygen atoms in total. The minimum atomic E-state index is -1.47. The van der Waals surface area contributed by atoms with Crippen LogP contribution < -0.4 is 0 Å². The number of hydrogen-bond donors (Lipinski definition) is 4. The smallest absolute Gasteiger partial charge is 0.186 e. The summed E-state index contributed by atoms with van der Waals surface area (Å²) in [5, 5.41) is 40.5. The monoisotopic (exact) mass is 815 g/mol. The molecule has 342 valence electrons. The third kappa shape index (κ3) is 28.0. The van der Waals surface area contributed by atoms with E-state index in [9.17, 15) is 20.4 Å². The molecule has 0 spiro atoms. The summed E-state index contributed by atoms with van der Waals surface area (Å²) in [5.74, 6) is 6.04. The summed E-state index contributed by atoms with van der Waals surface area (Å²) >= 11 is 0. The molecule has 1 aliphatic rings. The van der Waals surface area contributed by atoms with E-state index >= 15 is 0 Å². The normalized spacial score (nSPS) is 24.1. The summed E-state index contributed by atoms with van der Waals surface area (Å²) in [7, 11) is 0. The van der Waals surface area contributed by atoms with Crippen LogP contribution in [0.15, 0.2) is 0 Å². The second-order valence-electron chi connectivity index (χ2n) is 20.2. The number of aliphatic hydroxyl groups is 4. The van der Waals surface area contributed by atoms with Crippen molar-refractivity contribution in [3.8, 4) is 0 Å². The number of hydrogen-bond acceptors (Lipinski definition) is 8. The summed E-state index contributed by atoms with van der Waals surface area (Å²) in [5.41, 5.74) is 0. The van der Waals surface area contributed by atoms with Crippen molar-refractivity contribution in [3.63, 3.8) is 0 Å². The molecule has 4 N–H and O–H groups in total. The van der Waals surface area contributed by atoms with Crippen molar-refractivity contribution in [3.05, 3.63) is 0 Å². The molecule has 6 unspecified atom stereocenters. The minimum absolute atomic E-state index is 0.106. The maximum absolute atomic E-state index is 10.5. The van der Waals surface area contributed by atoms with E-state index in [0.29, 0.717) is 31.7 Å². The van der Waals surface area contributed by atoms with Crippen molar-refractivity contribution < 1.29 is 39.4 Å². The van der Waals surface area contributed by atoms with Gasteiger partial charge in [0.1, 0.15) is 30.5 Å². The second kappa shape index (κ2) is 33.3. The van der Waals surface area contributed by atoms with Crippen LogP contribution in [0.3, 0.4) is 0 Å². The first-order chi connectivity index (χ1) is 27.1. The van der Waals surface area contributed by atoms with Gasteiger partial charge < -0.3 is 39.4 Å². The Morgan fingerprint density at radius 2 is 0.807 bits per heavy atom. The van der Waals surface area contributed by atoms with Crippen LogP contribution in [0.25, 0.3) is 0 Å². The zero-order valence-corrected chi connectivity index (χ0v) is 39.2. The molecule has 0 bridgehead atoms. The van der Waals surface area contributed by atoms with Gasteiger partial charge in [0.2, 0.25) is 0 Å². The fourth-order valence-electron chi connectivity index (χ4n) is 8.36. The van der Waals surface area contributed by atoms with Crippen molar-refractivity contribution in [2.75, 3.05) is 33.0 Å². The molecule has 0 radical (unpaired) electrons. The van der Waals surface area contributed by atoms with Gasteiger partial charge in [0, 0.05) is 13.2 Å². The van der Waals surface area contributed by atoms with E-state index in [2.05, 4.69) is 69.2 Å². The van der Waals surface area contributed by atoms with Crippen LogP contribution in [-0.4, -0.2) is 90.3 Å². The second-order valence-corrected chi connectivity index (χ2v) is 20.2. The van der Waals surface area contributed by atoms with Crippen LogP contribution in [0.1, 0.15) is 198 Å². The van der Waals surface area contributed by atoms with E-state index < -0.39 is 37.3 Å². The lowest BCUT2D eigenvalue weighted by molar-refractivity contribution is -0.306. The molecular weight excluding hydrogens is 717 g/mol. The molecule has 1 fully saturated rings. The Morgan fingerprint density at radius 3 is 1.19 bits per heavy atom. The van der Waals surface area contributed by atoms with Crippen molar-refractivity contribution in [1.29, 1.82) is 0 Å². The fraction of sp³-hybridized carbons (Fsp3) is 1.00. The number of rotatable bonds is 37. The molecule has 8 heteroatoms. The third-order valence-corrected chi connectivity index (χ3v) is 12.8. The van der Waals surface area contributed by atoms with Gasteiger partial charge in [-0.3, -0.25) is 0 Å². The Labute approximate surface area is 353 Å². The molecule has 1 rings (SSSR count). The maximum Gasteiger partial charge on any atom is 0.186 e. The SMILES string of the molecule is CC(C)CCCC(C)CCCC(C)CCCC(C)CCOC[C@@H](CO[C@@H]1O[C@H](CO)[C@@H](O)[C@H](O)[C@H]1O)OCCC(C)CCCC(C)CCCC(C)CCCC(C)C. The third-order valence-electron chi connectivity index (χ3n) is 12.8. The number of aliphatic hydroxyl groups excluding tert-OH is 4. The summed E-state index contributed by atoms with van der Waals surface area (Å²) in [6.07, 6.45) is 18.9. The van der Waals surface area contributed by atoms with Crippen LogP contribution >= 0.6 is 0 Å². The van der Waals surface area contributed by atoms with E-state index in [1.54, 1.807) is 0 Å². The molecule has 0 aromatic rings. The van der Waals surface area contributed by atoms with E-state index in [1.807, 2.05) is 0 Å². The molecule has 1 aliphatic heterocycles. The van der Waals surface area contributed by atoms with E-state index in [4.69, 9.17) is 18.9 Å². The van der Waals surface area contributed by atoms with Crippen molar-refractivity contribution in [1.82, 2.24) is 0 Å². The molecule has 0 saturated carbocycles. The molecule has 57 heavy (non-hydrogen) atoms. The summed E-state index contributed by atoms with van der Waals surface area (Å²) in [4.78, 5) is 0. The molecule has 0 aliphatic carbocycles. The maximum atomic E-state index is 10.5. The predicted molar refractivity (Wildman–Crippen MR) is 237 cm³/mol. The van der Waals surface area contributed by atoms with Gasteiger partial charge in [0.25, 0.3) is 0 Å². The lowest BCUT2D eigenvalue weighted by atomic mass is 9.91. The standard InChI is InChI=1S/C49H98O8/c1-36(2)17-11-19-38(5)21-13-23-40(7)25-15-27-42(9)29-31-54-34-44(35-56-49-48(53)47(52)46(51)45(33-50)57-49)55-32-30-43(10)28-16-26-41(8)24-14-22-39(6)20-12-18-37(3)4/h36-53H,11-35H2,1-10H3/t38?,39?,40?,41?,42?,43?,44-,45+,46+,47-,48+,49+/m0/s1. The summed E-state index contributed by atoms with van der Waals surface area (Å²) in [6.45, 7) is 24.8. The highest BCUT2D eigenvalue weighted by atomic mass is 16.7. The topological polar surface area (TPSA) is 118 Å². The van der Waals surface area contributed by atoms with Gasteiger partial charge in [-0.15, -0.1) is 0 Å². The highest BCUT2D eigenvalue weighted by molar-refractivity contribution is 4.89. The van der Waals surface area contributed by atoms with E-state index in [0.717, 1.165) is 48.3 Å². The van der Waals surface area contributed by atoms with Gasteiger partial charge in [-0.25, -0.2) is 0 Å². The Bertz CT molecular complexity index is 901. The molecule has 0 aromatic heterocycles. The van der Waals surface area contributed by atoms with Gasteiger partial charge in [-0.2, -0.15) is 0 Å². The zero-order valence-electron chi connectivity index (χ0n) is 39.2. The van der Waals surface area contributed by atoms with Gasteiger partial charge in [-0.1, -0.05) is 185 Å². The lowest BCUT2D eigenvalue weighted by Gasteiger charge is -2.40. The molecule has 0 aromatic carbocycles. The number of ether oxygens (including phenoxy) is 4. The molecular formula is C49H98O8. The molecule has 12 atom stereocenters. The van der Waals surface area contributed by atoms with Crippen molar-refractivity contribution in [2.24, 2.45) is 47.3 Å². The highest BCUT2D eigenvalue weighted by Crippen LogP contribution is 2.26. The largest absolute Gasteiger partial charge is 0.394 e. The van der Waals surface area contributed by atoms with Crippen molar-refractivity contribution >= 4 is 0 Å². The first-order valence-corrected chi connectivity index (χ1v) is 24.2. The molecule has 1 heterocycles. The van der Waals surface area contributed by atoms with E-state index in [1.165, 1.54) is 116 Å². The van der Waals surface area contributed by atoms with Crippen LogP contribution in [0.2, 0.25) is 0 Å². The zero-order chi connectivity index (χ0) is 42.6. The lowest BCUT2D eigenvalue weighted by Crippen LogP contribution is -2.59. The Morgan fingerprint density at radius 1 is 0.439 bits per heavy atom. The summed E-state index contributed by atoms with van der Waals surface area (Å²) < 4.78 is 23.9. The quantitative estimate of drug-likeness (QED) is 0.0458. The van der Waals surface area contributed by atoms with Gasteiger partial charge in [-0.05, 0) is 60.2 Å². The molecule has 1 saturated heterocycles. The van der Waals surface area contributed by atoms with E-state index in [-0.39, 0.29) is 12.7 Å². The van der Waals surface area contributed by atoms with Gasteiger partial charge in [0.15, 0.2) is 6.29 Å². The molecule has 0 amide bonds. The minimum Gasteiger partial charge on any atom is -0.394 e. The van der Waals surface area contributed by atoms with Crippen LogP contribution in [0, 0.1) is 47.3 Å². The first-order valence-electron chi connectivity index (χ1n) is 24.2. The van der Waals surface area contributed by atoms with Crippen LogP contribution in [0.4, 0.5) is 0 Å². The Hall–Kier alpha value is -0.320. The highest BCUT2D eigenvalue weighted by Gasteiger charge is 2.44. The van der Waals surface area contributed by atoms with Crippen LogP contribution in [-0.2, 0) is 18.9 Å². The van der Waals surface area contributed by atoms with Crippen molar-refractivity contribution in [2.45, 2.75) is 234 Å². The Balaban J connectivity index is 2.43.